The van der Waals surface area contributed by atoms with Crippen molar-refractivity contribution in [2.45, 2.75) is 141 Å². The van der Waals surface area contributed by atoms with E-state index in [1.807, 2.05) is 0 Å². The highest BCUT2D eigenvalue weighted by Crippen LogP contribution is 2.46. The van der Waals surface area contributed by atoms with Gasteiger partial charge < -0.3 is 5.32 Å². The van der Waals surface area contributed by atoms with Gasteiger partial charge in [-0.15, -0.1) is 0 Å². The molecule has 0 spiro atoms. The van der Waals surface area contributed by atoms with Crippen LogP contribution in [0.3, 0.4) is 0 Å². The molecule has 3 heteroatoms. The molecular weight excluding hydrogens is 358 g/mol. The van der Waals surface area contributed by atoms with Crippen LogP contribution >= 0.6 is 0 Å². The number of hydrogen-bond acceptors (Lipinski definition) is 1. The van der Waals surface area contributed by atoms with Gasteiger partial charge >= 0.3 is 0 Å². The Morgan fingerprint density at radius 2 is 0.667 bits per heavy atom. The van der Waals surface area contributed by atoms with Gasteiger partial charge in [0, 0.05) is 0 Å². The molecule has 0 saturated heterocycles. The molecule has 0 atom stereocenters. The standard InChI is InChI=1S/C24H55NSi2/c1-19(2)26(20(3)4,21(5)6)17-13-15-25-16-14-18-27(22(7)8,23(9)10)24(11)12/h19-25H,13-18H2,1-12H3. The number of nitrogens with one attached hydrogen (secondary N) is 1. The zero-order valence-corrected chi connectivity index (χ0v) is 23.2. The fraction of sp³-hybridized carbons (Fsp3) is 1.00. The average Bonchev–Trinajstić information content (AvgIpc) is 2.51. The number of rotatable bonds is 14. The Kier molecular flexibility index (Phi) is 12.3. The Hall–Kier alpha value is 0.394. The van der Waals surface area contributed by atoms with Crippen LogP contribution in [0, 0.1) is 0 Å². The summed E-state index contributed by atoms with van der Waals surface area (Å²) in [7, 11) is -2.41. The first-order valence-corrected chi connectivity index (χ1v) is 17.0. The van der Waals surface area contributed by atoms with E-state index >= 15 is 0 Å². The third-order valence-electron chi connectivity index (χ3n) is 8.38. The zero-order valence-electron chi connectivity index (χ0n) is 21.2. The summed E-state index contributed by atoms with van der Waals surface area (Å²) >= 11 is 0. The van der Waals surface area contributed by atoms with Crippen LogP contribution < -0.4 is 5.32 Å². The molecule has 0 saturated carbocycles. The molecule has 164 valence electrons. The van der Waals surface area contributed by atoms with Crippen molar-refractivity contribution in [3.8, 4) is 0 Å². The van der Waals surface area contributed by atoms with Gasteiger partial charge in [0.05, 0.1) is 16.1 Å². The summed E-state index contributed by atoms with van der Waals surface area (Å²) in [5.74, 6) is 0. The van der Waals surface area contributed by atoms with Crippen LogP contribution in [0.4, 0.5) is 0 Å². The quantitative estimate of drug-likeness (QED) is 0.222. The highest BCUT2D eigenvalue weighted by atomic mass is 28.3. The van der Waals surface area contributed by atoms with Gasteiger partial charge in [-0.25, -0.2) is 0 Å². The molecule has 1 N–H and O–H groups in total. The molecule has 0 amide bonds. The Balaban J connectivity index is 4.51. The predicted octanol–water partition coefficient (Wildman–Crippen LogP) is 8.71. The van der Waals surface area contributed by atoms with E-state index in [1.165, 1.54) is 38.0 Å². The molecule has 0 radical (unpaired) electrons. The normalized spacial score (nSPS) is 14.0. The first-order valence-electron chi connectivity index (χ1n) is 12.1. The Morgan fingerprint density at radius 1 is 0.444 bits per heavy atom. The molecule has 0 aromatic carbocycles. The van der Waals surface area contributed by atoms with Crippen LogP contribution in [0.5, 0.6) is 0 Å². The van der Waals surface area contributed by atoms with Crippen molar-refractivity contribution in [1.29, 1.82) is 0 Å². The second-order valence-corrected chi connectivity index (χ2v) is 23.5. The highest BCUT2D eigenvalue weighted by molar-refractivity contribution is 6.84. The molecule has 0 aromatic heterocycles. The fourth-order valence-corrected chi connectivity index (χ4v) is 19.9. The van der Waals surface area contributed by atoms with E-state index in [2.05, 4.69) is 88.4 Å². The third-order valence-corrected chi connectivity index (χ3v) is 23.7. The van der Waals surface area contributed by atoms with Gasteiger partial charge in [-0.05, 0) is 25.9 Å². The van der Waals surface area contributed by atoms with Crippen LogP contribution in [-0.2, 0) is 0 Å². The van der Waals surface area contributed by atoms with Crippen molar-refractivity contribution >= 4 is 16.1 Å². The Labute approximate surface area is 175 Å². The van der Waals surface area contributed by atoms with E-state index < -0.39 is 16.1 Å². The molecule has 0 aromatic rings. The minimum atomic E-state index is -1.20. The molecule has 0 aliphatic heterocycles. The maximum atomic E-state index is 3.81. The lowest BCUT2D eigenvalue weighted by Crippen LogP contribution is -2.45. The summed E-state index contributed by atoms with van der Waals surface area (Å²) in [6, 6.07) is 2.99. The monoisotopic (exact) mass is 413 g/mol. The first kappa shape index (κ1) is 27.4. The largest absolute Gasteiger partial charge is 0.317 e. The minimum Gasteiger partial charge on any atom is -0.317 e. The molecule has 0 aliphatic rings. The molecular formula is C24H55NSi2. The SMILES string of the molecule is CC(C)[Si](CCCNCCC[Si](C(C)C)(C(C)C)C(C)C)(C(C)C)C(C)C. The maximum absolute atomic E-state index is 3.81. The zero-order chi connectivity index (χ0) is 21.4. The molecule has 0 fully saturated rings. The summed E-state index contributed by atoms with van der Waals surface area (Å²) < 4.78 is 0. The highest BCUT2D eigenvalue weighted by Gasteiger charge is 2.42. The Morgan fingerprint density at radius 3 is 0.852 bits per heavy atom. The van der Waals surface area contributed by atoms with E-state index in [9.17, 15) is 0 Å². The third kappa shape index (κ3) is 6.71. The van der Waals surface area contributed by atoms with Gasteiger partial charge in [0.15, 0.2) is 0 Å². The van der Waals surface area contributed by atoms with Gasteiger partial charge in [-0.1, -0.05) is 128 Å². The fourth-order valence-electron chi connectivity index (χ4n) is 6.90. The number of hydrogen-bond donors (Lipinski definition) is 1. The summed E-state index contributed by atoms with van der Waals surface area (Å²) in [5, 5.41) is 3.81. The summed E-state index contributed by atoms with van der Waals surface area (Å²) in [4.78, 5) is 0. The van der Waals surface area contributed by atoms with Crippen molar-refractivity contribution in [1.82, 2.24) is 5.32 Å². The van der Waals surface area contributed by atoms with Crippen LogP contribution in [-0.4, -0.2) is 29.2 Å². The van der Waals surface area contributed by atoms with Crippen molar-refractivity contribution in [3.63, 3.8) is 0 Å². The topological polar surface area (TPSA) is 12.0 Å². The van der Waals surface area contributed by atoms with Crippen molar-refractivity contribution in [2.75, 3.05) is 13.1 Å². The summed E-state index contributed by atoms with van der Waals surface area (Å²) in [6.45, 7) is 32.4. The maximum Gasteiger partial charge on any atom is 0.0613 e. The van der Waals surface area contributed by atoms with Gasteiger partial charge in [-0.3, -0.25) is 0 Å². The van der Waals surface area contributed by atoms with Gasteiger partial charge in [0.1, 0.15) is 0 Å². The minimum absolute atomic E-state index is 0.896. The molecule has 0 heterocycles. The molecule has 0 bridgehead atoms. The van der Waals surface area contributed by atoms with Crippen molar-refractivity contribution in [2.24, 2.45) is 0 Å². The lowest BCUT2D eigenvalue weighted by Gasteiger charge is -2.44. The Bertz CT molecular complexity index is 306. The van der Waals surface area contributed by atoms with Crippen molar-refractivity contribution < 1.29 is 0 Å². The lowest BCUT2D eigenvalue weighted by atomic mass is 10.4. The average molecular weight is 414 g/mol. The first-order chi connectivity index (χ1) is 12.4. The van der Waals surface area contributed by atoms with Crippen LogP contribution in [0.2, 0.25) is 45.3 Å². The van der Waals surface area contributed by atoms with Crippen molar-refractivity contribution in [3.05, 3.63) is 0 Å². The van der Waals surface area contributed by atoms with Gasteiger partial charge in [0.2, 0.25) is 0 Å². The summed E-state index contributed by atoms with van der Waals surface area (Å²) in [6.07, 6.45) is 2.75. The second kappa shape index (κ2) is 12.2. The molecule has 0 rings (SSSR count). The van der Waals surface area contributed by atoms with Gasteiger partial charge in [-0.2, -0.15) is 0 Å². The predicted molar refractivity (Wildman–Crippen MR) is 134 cm³/mol. The second-order valence-electron chi connectivity index (χ2n) is 11.1. The van der Waals surface area contributed by atoms with Crippen LogP contribution in [0.25, 0.3) is 0 Å². The smallest absolute Gasteiger partial charge is 0.0613 e. The molecule has 0 unspecified atom stereocenters. The molecule has 27 heavy (non-hydrogen) atoms. The van der Waals surface area contributed by atoms with E-state index in [0.29, 0.717) is 0 Å². The summed E-state index contributed by atoms with van der Waals surface area (Å²) in [5.41, 5.74) is 5.37. The van der Waals surface area contributed by atoms with Gasteiger partial charge in [0.25, 0.3) is 0 Å². The van der Waals surface area contributed by atoms with E-state index in [0.717, 1.165) is 33.2 Å². The van der Waals surface area contributed by atoms with E-state index in [1.54, 1.807) is 0 Å². The van der Waals surface area contributed by atoms with Crippen LogP contribution in [0.1, 0.15) is 95.9 Å². The van der Waals surface area contributed by atoms with Crippen LogP contribution in [0.15, 0.2) is 0 Å². The lowest BCUT2D eigenvalue weighted by molar-refractivity contribution is 0.638. The van der Waals surface area contributed by atoms with E-state index in [-0.39, 0.29) is 0 Å². The molecule has 1 nitrogen and oxygen atoms in total. The molecule has 0 aliphatic carbocycles. The van der Waals surface area contributed by atoms with E-state index in [4.69, 9.17) is 0 Å².